The predicted molar refractivity (Wildman–Crippen MR) is 89.1 cm³/mol. The molecule has 0 saturated heterocycles. The Labute approximate surface area is 137 Å². The number of rotatable bonds is 8. The number of nitrogens with zero attached hydrogens (tertiary/aromatic N) is 2. The molecule has 0 aliphatic carbocycles. The van der Waals surface area contributed by atoms with E-state index in [2.05, 4.69) is 9.71 Å². The van der Waals surface area contributed by atoms with Crippen molar-refractivity contribution >= 4 is 10.0 Å². The number of hydrogen-bond acceptors (Lipinski definition) is 4. The molecule has 6 nitrogen and oxygen atoms in total. The monoisotopic (exact) mass is 337 g/mol. The van der Waals surface area contributed by atoms with Gasteiger partial charge in [0.25, 0.3) is 0 Å². The van der Waals surface area contributed by atoms with Crippen LogP contribution in [0.1, 0.15) is 24.5 Å². The Hall–Kier alpha value is -1.86. The van der Waals surface area contributed by atoms with E-state index in [0.29, 0.717) is 30.9 Å². The van der Waals surface area contributed by atoms with Crippen LogP contribution in [0.25, 0.3) is 0 Å². The summed E-state index contributed by atoms with van der Waals surface area (Å²) >= 11 is 0. The summed E-state index contributed by atoms with van der Waals surface area (Å²) in [6, 6.07) is 3.44. The van der Waals surface area contributed by atoms with Crippen LogP contribution in [0.5, 0.6) is 5.75 Å². The standard InChI is InChI=1S/C16H23N3O3S/c1-4-22-15-11-16(14(3)10-13(15)2)23(20,21)18-6-5-8-19-9-7-17-12-19/h7,9-12,18H,4-6,8H2,1-3H3. The minimum Gasteiger partial charge on any atom is -0.494 e. The molecule has 0 fully saturated rings. The van der Waals surface area contributed by atoms with Crippen LogP contribution >= 0.6 is 0 Å². The van der Waals surface area contributed by atoms with Crippen LogP contribution in [-0.2, 0) is 16.6 Å². The summed E-state index contributed by atoms with van der Waals surface area (Å²) in [6.45, 7) is 7.18. The lowest BCUT2D eigenvalue weighted by Crippen LogP contribution is -2.26. The largest absolute Gasteiger partial charge is 0.494 e. The Morgan fingerprint density at radius 3 is 2.70 bits per heavy atom. The van der Waals surface area contributed by atoms with Crippen molar-refractivity contribution in [3.8, 4) is 5.75 Å². The highest BCUT2D eigenvalue weighted by atomic mass is 32.2. The molecule has 126 valence electrons. The van der Waals surface area contributed by atoms with Gasteiger partial charge in [-0.05, 0) is 38.3 Å². The number of aromatic nitrogens is 2. The van der Waals surface area contributed by atoms with E-state index in [1.54, 1.807) is 25.5 Å². The van der Waals surface area contributed by atoms with Gasteiger partial charge in [-0.3, -0.25) is 0 Å². The highest BCUT2D eigenvalue weighted by molar-refractivity contribution is 7.89. The van der Waals surface area contributed by atoms with Crippen LogP contribution in [0.2, 0.25) is 0 Å². The van der Waals surface area contributed by atoms with E-state index >= 15 is 0 Å². The van der Waals surface area contributed by atoms with Crippen molar-refractivity contribution in [2.45, 2.75) is 38.6 Å². The zero-order valence-electron chi connectivity index (χ0n) is 13.7. The van der Waals surface area contributed by atoms with E-state index < -0.39 is 10.0 Å². The average molecular weight is 337 g/mol. The molecule has 2 aromatic rings. The molecule has 1 N–H and O–H groups in total. The number of ether oxygens (including phenoxy) is 1. The lowest BCUT2D eigenvalue weighted by Gasteiger charge is -2.14. The molecule has 0 atom stereocenters. The first kappa shape index (κ1) is 17.5. The zero-order valence-corrected chi connectivity index (χ0v) is 14.6. The molecule has 1 heterocycles. The van der Waals surface area contributed by atoms with Gasteiger partial charge in [0.2, 0.25) is 10.0 Å². The van der Waals surface area contributed by atoms with Gasteiger partial charge in [-0.15, -0.1) is 0 Å². The predicted octanol–water partition coefficient (Wildman–Crippen LogP) is 2.27. The molecule has 0 radical (unpaired) electrons. The van der Waals surface area contributed by atoms with E-state index in [9.17, 15) is 8.42 Å². The number of imidazole rings is 1. The summed E-state index contributed by atoms with van der Waals surface area (Å²) in [5.41, 5.74) is 1.65. The second kappa shape index (κ2) is 7.61. The summed E-state index contributed by atoms with van der Waals surface area (Å²) in [7, 11) is -3.54. The fourth-order valence-corrected chi connectivity index (χ4v) is 3.69. The average Bonchev–Trinajstić information content (AvgIpc) is 2.99. The molecule has 0 amide bonds. The maximum Gasteiger partial charge on any atom is 0.240 e. The normalized spacial score (nSPS) is 11.6. The van der Waals surface area contributed by atoms with Gasteiger partial charge in [-0.2, -0.15) is 0 Å². The maximum absolute atomic E-state index is 12.5. The van der Waals surface area contributed by atoms with Crippen molar-refractivity contribution in [3.63, 3.8) is 0 Å². The molecule has 0 bridgehead atoms. The number of benzene rings is 1. The van der Waals surface area contributed by atoms with Gasteiger partial charge in [0, 0.05) is 31.5 Å². The van der Waals surface area contributed by atoms with Crippen LogP contribution in [-0.4, -0.2) is 31.1 Å². The molecule has 0 saturated carbocycles. The second-order valence-electron chi connectivity index (χ2n) is 5.37. The maximum atomic E-state index is 12.5. The molecule has 1 aromatic carbocycles. The highest BCUT2D eigenvalue weighted by Gasteiger charge is 2.18. The Morgan fingerprint density at radius 1 is 1.26 bits per heavy atom. The van der Waals surface area contributed by atoms with Crippen molar-refractivity contribution in [1.82, 2.24) is 14.3 Å². The zero-order chi connectivity index (χ0) is 16.9. The van der Waals surface area contributed by atoms with E-state index in [1.165, 1.54) is 0 Å². The quantitative estimate of drug-likeness (QED) is 0.750. The Bertz CT molecular complexity index is 740. The Kier molecular flexibility index (Phi) is 5.79. The molecule has 23 heavy (non-hydrogen) atoms. The van der Waals surface area contributed by atoms with Crippen molar-refractivity contribution in [3.05, 3.63) is 42.0 Å². The van der Waals surface area contributed by atoms with Crippen molar-refractivity contribution < 1.29 is 13.2 Å². The van der Waals surface area contributed by atoms with Crippen molar-refractivity contribution in [2.24, 2.45) is 0 Å². The van der Waals surface area contributed by atoms with E-state index in [1.807, 2.05) is 30.7 Å². The van der Waals surface area contributed by atoms with Gasteiger partial charge in [-0.25, -0.2) is 18.1 Å². The highest BCUT2D eigenvalue weighted by Crippen LogP contribution is 2.26. The molecular formula is C16H23N3O3S. The summed E-state index contributed by atoms with van der Waals surface area (Å²) in [5, 5.41) is 0. The SMILES string of the molecule is CCOc1cc(S(=O)(=O)NCCCn2ccnc2)c(C)cc1C. The Morgan fingerprint density at radius 2 is 2.04 bits per heavy atom. The third-order valence-electron chi connectivity index (χ3n) is 3.51. The summed E-state index contributed by atoms with van der Waals surface area (Å²) in [6.07, 6.45) is 5.97. The lowest BCUT2D eigenvalue weighted by molar-refractivity contribution is 0.336. The molecule has 1 aromatic heterocycles. The summed E-state index contributed by atoms with van der Waals surface area (Å²) in [5.74, 6) is 0.608. The smallest absolute Gasteiger partial charge is 0.240 e. The topological polar surface area (TPSA) is 73.2 Å². The molecule has 2 rings (SSSR count). The van der Waals surface area contributed by atoms with E-state index in [0.717, 1.165) is 12.1 Å². The van der Waals surface area contributed by atoms with Crippen LogP contribution in [0.3, 0.4) is 0 Å². The fourth-order valence-electron chi connectivity index (χ4n) is 2.38. The summed E-state index contributed by atoms with van der Waals surface area (Å²) < 4.78 is 35.1. The van der Waals surface area contributed by atoms with Gasteiger partial charge in [0.1, 0.15) is 5.75 Å². The van der Waals surface area contributed by atoms with Crippen LogP contribution < -0.4 is 9.46 Å². The first-order chi connectivity index (χ1) is 10.9. The lowest BCUT2D eigenvalue weighted by atomic mass is 10.1. The molecule has 0 unspecified atom stereocenters. The van der Waals surface area contributed by atoms with Gasteiger partial charge in [0.15, 0.2) is 0 Å². The first-order valence-electron chi connectivity index (χ1n) is 7.63. The fraction of sp³-hybridized carbons (Fsp3) is 0.438. The molecular weight excluding hydrogens is 314 g/mol. The Balaban J connectivity index is 2.04. The number of hydrogen-bond donors (Lipinski definition) is 1. The van der Waals surface area contributed by atoms with Gasteiger partial charge in [-0.1, -0.05) is 6.07 Å². The molecule has 0 aliphatic heterocycles. The van der Waals surface area contributed by atoms with Gasteiger partial charge >= 0.3 is 0 Å². The number of nitrogens with one attached hydrogen (secondary N) is 1. The van der Waals surface area contributed by atoms with Gasteiger partial charge < -0.3 is 9.30 Å². The third-order valence-corrected chi connectivity index (χ3v) is 5.11. The molecule has 0 spiro atoms. The van der Waals surface area contributed by atoms with E-state index in [-0.39, 0.29) is 4.90 Å². The number of aryl methyl sites for hydroxylation is 3. The van der Waals surface area contributed by atoms with Crippen molar-refractivity contribution in [2.75, 3.05) is 13.2 Å². The minimum atomic E-state index is -3.54. The van der Waals surface area contributed by atoms with E-state index in [4.69, 9.17) is 4.74 Å². The van der Waals surface area contributed by atoms with Crippen LogP contribution in [0, 0.1) is 13.8 Å². The summed E-state index contributed by atoms with van der Waals surface area (Å²) in [4.78, 5) is 4.23. The number of sulfonamides is 1. The molecule has 0 aliphatic rings. The van der Waals surface area contributed by atoms with Gasteiger partial charge in [0.05, 0.1) is 17.8 Å². The van der Waals surface area contributed by atoms with Crippen LogP contribution in [0.4, 0.5) is 0 Å². The van der Waals surface area contributed by atoms with Crippen LogP contribution in [0.15, 0.2) is 35.7 Å². The minimum absolute atomic E-state index is 0.272. The van der Waals surface area contributed by atoms with Crippen molar-refractivity contribution in [1.29, 1.82) is 0 Å². The molecule has 7 heteroatoms. The third kappa shape index (κ3) is 4.56. The first-order valence-corrected chi connectivity index (χ1v) is 9.12. The second-order valence-corrected chi connectivity index (χ2v) is 7.10.